The van der Waals surface area contributed by atoms with Crippen molar-refractivity contribution in [2.45, 2.75) is 38.6 Å². The van der Waals surface area contributed by atoms with E-state index in [0.717, 1.165) is 11.3 Å². The normalized spacial score (nSPS) is 17.2. The van der Waals surface area contributed by atoms with Gasteiger partial charge in [-0.25, -0.2) is 0 Å². The molecular formula is C12H17NO. The summed E-state index contributed by atoms with van der Waals surface area (Å²) in [5.41, 5.74) is 2.28. The van der Waals surface area contributed by atoms with E-state index in [9.17, 15) is 5.11 Å². The molecule has 0 amide bonds. The minimum Gasteiger partial charge on any atom is -0.508 e. The molecule has 0 aliphatic heterocycles. The Hall–Kier alpha value is -1.18. The van der Waals surface area contributed by atoms with Crippen LogP contribution in [-0.2, 0) is 0 Å². The minimum absolute atomic E-state index is 0.347. The van der Waals surface area contributed by atoms with Crippen molar-refractivity contribution in [2.75, 3.05) is 5.32 Å². The summed E-state index contributed by atoms with van der Waals surface area (Å²) in [7, 11) is 0. The van der Waals surface area contributed by atoms with Gasteiger partial charge in [-0.15, -0.1) is 0 Å². The standard InChI is InChI=1S/C12H17NO/c1-9-8-11(14)6-7-12(9)13-10-4-2-3-5-10/h6-8,10,13-14H,2-5H2,1H3. The number of rotatable bonds is 2. The molecule has 2 rings (SSSR count). The Kier molecular flexibility index (Phi) is 2.62. The molecule has 2 N–H and O–H groups in total. The van der Waals surface area contributed by atoms with Crippen molar-refractivity contribution in [1.82, 2.24) is 0 Å². The molecule has 1 aromatic rings. The van der Waals surface area contributed by atoms with Crippen LogP contribution in [0.25, 0.3) is 0 Å². The SMILES string of the molecule is Cc1cc(O)ccc1NC1CCCC1. The zero-order valence-electron chi connectivity index (χ0n) is 8.59. The highest BCUT2D eigenvalue weighted by Gasteiger charge is 2.14. The molecule has 0 radical (unpaired) electrons. The van der Waals surface area contributed by atoms with Gasteiger partial charge >= 0.3 is 0 Å². The van der Waals surface area contributed by atoms with Gasteiger partial charge in [-0.1, -0.05) is 12.8 Å². The lowest BCUT2D eigenvalue weighted by atomic mass is 10.1. The summed E-state index contributed by atoms with van der Waals surface area (Å²) in [6.07, 6.45) is 5.24. The highest BCUT2D eigenvalue weighted by Crippen LogP contribution is 2.25. The Morgan fingerprint density at radius 1 is 1.29 bits per heavy atom. The van der Waals surface area contributed by atoms with Gasteiger partial charge in [0, 0.05) is 11.7 Å². The Morgan fingerprint density at radius 3 is 2.64 bits per heavy atom. The number of phenolic OH excluding ortho intramolecular Hbond substituents is 1. The molecule has 1 saturated carbocycles. The topological polar surface area (TPSA) is 32.3 Å². The molecule has 1 aliphatic carbocycles. The molecule has 2 heteroatoms. The number of aryl methyl sites for hydroxylation is 1. The summed E-state index contributed by atoms with van der Waals surface area (Å²) >= 11 is 0. The second-order valence-electron chi connectivity index (χ2n) is 4.12. The van der Waals surface area contributed by atoms with Crippen molar-refractivity contribution in [3.63, 3.8) is 0 Å². The maximum absolute atomic E-state index is 9.27. The van der Waals surface area contributed by atoms with E-state index in [2.05, 4.69) is 5.32 Å². The van der Waals surface area contributed by atoms with Crippen LogP contribution in [0.1, 0.15) is 31.2 Å². The first-order chi connectivity index (χ1) is 6.75. The van der Waals surface area contributed by atoms with Crippen molar-refractivity contribution in [1.29, 1.82) is 0 Å². The monoisotopic (exact) mass is 191 g/mol. The van der Waals surface area contributed by atoms with Gasteiger partial charge in [0.2, 0.25) is 0 Å². The maximum atomic E-state index is 9.27. The molecule has 0 aromatic heterocycles. The fourth-order valence-electron chi connectivity index (χ4n) is 2.10. The van der Waals surface area contributed by atoms with Crippen LogP contribution < -0.4 is 5.32 Å². The quantitative estimate of drug-likeness (QED) is 0.704. The lowest BCUT2D eigenvalue weighted by molar-refractivity contribution is 0.475. The van der Waals surface area contributed by atoms with Crippen LogP contribution in [0.3, 0.4) is 0 Å². The van der Waals surface area contributed by atoms with E-state index in [1.54, 1.807) is 12.1 Å². The highest BCUT2D eigenvalue weighted by molar-refractivity contribution is 5.53. The number of hydrogen-bond donors (Lipinski definition) is 2. The summed E-state index contributed by atoms with van der Waals surface area (Å²) in [6.45, 7) is 2.02. The number of nitrogens with one attached hydrogen (secondary N) is 1. The second kappa shape index (κ2) is 3.91. The molecule has 0 spiro atoms. The Balaban J connectivity index is 2.08. The van der Waals surface area contributed by atoms with Crippen LogP contribution in [-0.4, -0.2) is 11.1 Å². The van der Waals surface area contributed by atoms with Crippen LogP contribution in [0, 0.1) is 6.92 Å². The fraction of sp³-hybridized carbons (Fsp3) is 0.500. The molecule has 2 nitrogen and oxygen atoms in total. The fourth-order valence-corrected chi connectivity index (χ4v) is 2.10. The van der Waals surface area contributed by atoms with Gasteiger partial charge in [0.05, 0.1) is 0 Å². The van der Waals surface area contributed by atoms with E-state index in [0.29, 0.717) is 11.8 Å². The number of anilines is 1. The average Bonchev–Trinajstić information content (AvgIpc) is 2.62. The van der Waals surface area contributed by atoms with Crippen LogP contribution in [0.5, 0.6) is 5.75 Å². The zero-order chi connectivity index (χ0) is 9.97. The molecule has 76 valence electrons. The lowest BCUT2D eigenvalue weighted by Gasteiger charge is -2.15. The van der Waals surface area contributed by atoms with Gasteiger partial charge in [-0.05, 0) is 43.5 Å². The molecule has 0 unspecified atom stereocenters. The minimum atomic E-state index is 0.347. The molecule has 1 fully saturated rings. The number of aromatic hydroxyl groups is 1. The summed E-state index contributed by atoms with van der Waals surface area (Å²) in [6, 6.07) is 6.14. The van der Waals surface area contributed by atoms with Crippen molar-refractivity contribution >= 4 is 5.69 Å². The Morgan fingerprint density at radius 2 is 2.00 bits per heavy atom. The molecule has 0 atom stereocenters. The van der Waals surface area contributed by atoms with Crippen molar-refractivity contribution in [3.8, 4) is 5.75 Å². The zero-order valence-corrected chi connectivity index (χ0v) is 8.59. The largest absolute Gasteiger partial charge is 0.508 e. The third kappa shape index (κ3) is 2.00. The molecular weight excluding hydrogens is 174 g/mol. The summed E-state index contributed by atoms with van der Waals surface area (Å²) in [4.78, 5) is 0. The van der Waals surface area contributed by atoms with Crippen LogP contribution >= 0.6 is 0 Å². The van der Waals surface area contributed by atoms with Gasteiger partial charge < -0.3 is 10.4 Å². The molecule has 0 bridgehead atoms. The van der Waals surface area contributed by atoms with E-state index >= 15 is 0 Å². The van der Waals surface area contributed by atoms with Crippen LogP contribution in [0.15, 0.2) is 18.2 Å². The average molecular weight is 191 g/mol. The molecule has 14 heavy (non-hydrogen) atoms. The Bertz CT molecular complexity index is 316. The summed E-state index contributed by atoms with van der Waals surface area (Å²) < 4.78 is 0. The number of phenols is 1. The third-order valence-corrected chi connectivity index (χ3v) is 2.92. The van der Waals surface area contributed by atoms with E-state index < -0.39 is 0 Å². The van der Waals surface area contributed by atoms with E-state index in [1.165, 1.54) is 25.7 Å². The first-order valence-electron chi connectivity index (χ1n) is 5.32. The van der Waals surface area contributed by atoms with Crippen molar-refractivity contribution < 1.29 is 5.11 Å². The molecule has 0 heterocycles. The van der Waals surface area contributed by atoms with Gasteiger partial charge in [-0.2, -0.15) is 0 Å². The second-order valence-corrected chi connectivity index (χ2v) is 4.12. The van der Waals surface area contributed by atoms with Crippen LogP contribution in [0.4, 0.5) is 5.69 Å². The van der Waals surface area contributed by atoms with Gasteiger partial charge in [0.25, 0.3) is 0 Å². The first kappa shape index (κ1) is 9.38. The van der Waals surface area contributed by atoms with E-state index in [1.807, 2.05) is 13.0 Å². The van der Waals surface area contributed by atoms with Gasteiger partial charge in [0.15, 0.2) is 0 Å². The highest BCUT2D eigenvalue weighted by atomic mass is 16.3. The van der Waals surface area contributed by atoms with Gasteiger partial charge in [-0.3, -0.25) is 0 Å². The van der Waals surface area contributed by atoms with E-state index in [-0.39, 0.29) is 0 Å². The summed E-state index contributed by atoms with van der Waals surface area (Å²) in [5.74, 6) is 0.347. The van der Waals surface area contributed by atoms with Gasteiger partial charge in [0.1, 0.15) is 5.75 Å². The lowest BCUT2D eigenvalue weighted by Crippen LogP contribution is -2.15. The molecule has 1 aliphatic rings. The number of hydrogen-bond acceptors (Lipinski definition) is 2. The van der Waals surface area contributed by atoms with Crippen LogP contribution in [0.2, 0.25) is 0 Å². The first-order valence-corrected chi connectivity index (χ1v) is 5.32. The number of benzene rings is 1. The van der Waals surface area contributed by atoms with E-state index in [4.69, 9.17) is 0 Å². The smallest absolute Gasteiger partial charge is 0.115 e. The molecule has 0 saturated heterocycles. The summed E-state index contributed by atoms with van der Waals surface area (Å²) in [5, 5.41) is 12.8. The Labute approximate surface area is 85.0 Å². The van der Waals surface area contributed by atoms with Crippen molar-refractivity contribution in [2.24, 2.45) is 0 Å². The molecule has 1 aromatic carbocycles. The maximum Gasteiger partial charge on any atom is 0.115 e. The van der Waals surface area contributed by atoms with Crippen molar-refractivity contribution in [3.05, 3.63) is 23.8 Å². The predicted octanol–water partition coefficient (Wildman–Crippen LogP) is 3.06. The third-order valence-electron chi connectivity index (χ3n) is 2.92. The predicted molar refractivity (Wildman–Crippen MR) is 58.7 cm³/mol.